The summed E-state index contributed by atoms with van der Waals surface area (Å²) in [6, 6.07) is 9.35. The van der Waals surface area contributed by atoms with Crippen LogP contribution in [-0.2, 0) is 21.4 Å². The van der Waals surface area contributed by atoms with Gasteiger partial charge >= 0.3 is 5.97 Å². The number of carbonyl (C=O) groups is 1. The molecule has 3 aromatic rings. The lowest BCUT2D eigenvalue weighted by Crippen LogP contribution is -2.11. The summed E-state index contributed by atoms with van der Waals surface area (Å²) < 4.78 is 42.7. The van der Waals surface area contributed by atoms with Crippen LogP contribution in [0.5, 0.6) is 5.75 Å². The van der Waals surface area contributed by atoms with Gasteiger partial charge in [-0.05, 0) is 31.2 Å². The SMILES string of the molecule is CCOc1ccccc1-c1noc(COC(=O)c2ccc(S(N)(=O)=O)o2)n1. The first-order valence-electron chi connectivity index (χ1n) is 7.73. The molecule has 3 rings (SSSR count). The Labute approximate surface area is 153 Å². The van der Waals surface area contributed by atoms with E-state index in [4.69, 9.17) is 23.6 Å². The van der Waals surface area contributed by atoms with Gasteiger partial charge in [0.2, 0.25) is 16.7 Å². The fraction of sp³-hybridized carbons (Fsp3) is 0.188. The quantitative estimate of drug-likeness (QED) is 0.592. The monoisotopic (exact) mass is 393 g/mol. The zero-order chi connectivity index (χ0) is 19.4. The minimum absolute atomic E-state index is 0.0443. The Kier molecular flexibility index (Phi) is 5.23. The van der Waals surface area contributed by atoms with Gasteiger partial charge in [-0.2, -0.15) is 4.98 Å². The second kappa shape index (κ2) is 7.60. The third-order valence-electron chi connectivity index (χ3n) is 3.29. The molecule has 0 saturated heterocycles. The number of carbonyl (C=O) groups excluding carboxylic acids is 1. The van der Waals surface area contributed by atoms with Gasteiger partial charge in [-0.15, -0.1) is 0 Å². The lowest BCUT2D eigenvalue weighted by atomic mass is 10.2. The zero-order valence-electron chi connectivity index (χ0n) is 14.1. The highest BCUT2D eigenvalue weighted by molar-refractivity contribution is 7.89. The Bertz CT molecular complexity index is 1060. The van der Waals surface area contributed by atoms with Crippen LogP contribution in [0.25, 0.3) is 11.4 Å². The van der Waals surface area contributed by atoms with Crippen LogP contribution in [0.1, 0.15) is 23.4 Å². The third kappa shape index (κ3) is 4.33. The summed E-state index contributed by atoms with van der Waals surface area (Å²) >= 11 is 0. The van der Waals surface area contributed by atoms with E-state index in [9.17, 15) is 13.2 Å². The summed E-state index contributed by atoms with van der Waals surface area (Å²) in [5.41, 5.74) is 0.629. The Morgan fingerprint density at radius 1 is 1.22 bits per heavy atom. The highest BCUT2D eigenvalue weighted by Gasteiger charge is 2.20. The van der Waals surface area contributed by atoms with Gasteiger partial charge in [-0.25, -0.2) is 18.4 Å². The number of rotatable bonds is 7. The molecular formula is C16H15N3O7S. The summed E-state index contributed by atoms with van der Waals surface area (Å²) in [5.74, 6) is -0.308. The van der Waals surface area contributed by atoms with E-state index in [2.05, 4.69) is 10.1 Å². The van der Waals surface area contributed by atoms with Gasteiger partial charge in [0.15, 0.2) is 6.61 Å². The minimum Gasteiger partial charge on any atom is -0.493 e. The molecule has 0 atom stereocenters. The van der Waals surface area contributed by atoms with Crippen LogP contribution >= 0.6 is 0 Å². The maximum atomic E-state index is 11.9. The topological polar surface area (TPSA) is 148 Å². The molecule has 2 N–H and O–H groups in total. The molecule has 0 aliphatic carbocycles. The number of aromatic nitrogens is 2. The average Bonchev–Trinajstić information content (AvgIpc) is 3.30. The number of furan rings is 1. The molecule has 0 saturated carbocycles. The van der Waals surface area contributed by atoms with Crippen LogP contribution in [-0.4, -0.2) is 31.1 Å². The van der Waals surface area contributed by atoms with Crippen LogP contribution in [0.3, 0.4) is 0 Å². The van der Waals surface area contributed by atoms with E-state index in [0.29, 0.717) is 17.9 Å². The van der Waals surface area contributed by atoms with E-state index < -0.39 is 21.1 Å². The fourth-order valence-corrected chi connectivity index (χ4v) is 2.60. The van der Waals surface area contributed by atoms with Gasteiger partial charge in [-0.3, -0.25) is 0 Å². The second-order valence-corrected chi connectivity index (χ2v) is 6.67. The number of nitrogens with zero attached hydrogens (tertiary/aromatic N) is 2. The molecule has 0 spiro atoms. The Hall–Kier alpha value is -3.18. The number of ether oxygens (including phenoxy) is 2. The summed E-state index contributed by atoms with van der Waals surface area (Å²) in [6.07, 6.45) is 0. The normalized spacial score (nSPS) is 11.3. The van der Waals surface area contributed by atoms with Crippen molar-refractivity contribution >= 4 is 16.0 Å². The molecule has 0 amide bonds. The Morgan fingerprint density at radius 3 is 2.70 bits per heavy atom. The molecule has 0 unspecified atom stereocenters. The Balaban J connectivity index is 1.68. The van der Waals surface area contributed by atoms with Crippen LogP contribution in [0.15, 0.2) is 50.4 Å². The smallest absolute Gasteiger partial charge is 0.374 e. The zero-order valence-corrected chi connectivity index (χ0v) is 14.9. The van der Waals surface area contributed by atoms with Gasteiger partial charge in [-0.1, -0.05) is 17.3 Å². The number of esters is 1. The van der Waals surface area contributed by atoms with E-state index in [0.717, 1.165) is 12.1 Å². The summed E-state index contributed by atoms with van der Waals surface area (Å²) in [7, 11) is -4.05. The van der Waals surface area contributed by atoms with Crippen molar-refractivity contribution < 1.29 is 31.6 Å². The molecule has 142 valence electrons. The molecule has 0 radical (unpaired) electrons. The van der Waals surface area contributed by atoms with Crippen LogP contribution < -0.4 is 9.88 Å². The first-order chi connectivity index (χ1) is 12.9. The van der Waals surface area contributed by atoms with Crippen LogP contribution in [0, 0.1) is 0 Å². The number of benzene rings is 1. The van der Waals surface area contributed by atoms with E-state index in [1.807, 2.05) is 13.0 Å². The van der Waals surface area contributed by atoms with Crippen molar-refractivity contribution in [2.45, 2.75) is 18.6 Å². The average molecular weight is 393 g/mol. The van der Waals surface area contributed by atoms with Crippen molar-refractivity contribution in [1.82, 2.24) is 10.1 Å². The highest BCUT2D eigenvalue weighted by Crippen LogP contribution is 2.27. The molecule has 0 fully saturated rings. The maximum Gasteiger partial charge on any atom is 0.374 e. The number of nitrogens with two attached hydrogens (primary N) is 1. The first kappa shape index (κ1) is 18.6. The molecule has 27 heavy (non-hydrogen) atoms. The van der Waals surface area contributed by atoms with Gasteiger partial charge in [0.05, 0.1) is 12.2 Å². The molecule has 0 aliphatic rings. The van der Waals surface area contributed by atoms with E-state index in [1.54, 1.807) is 18.2 Å². The van der Waals surface area contributed by atoms with E-state index >= 15 is 0 Å². The highest BCUT2D eigenvalue weighted by atomic mass is 32.2. The van der Waals surface area contributed by atoms with Crippen molar-refractivity contribution in [3.8, 4) is 17.1 Å². The van der Waals surface area contributed by atoms with E-state index in [1.165, 1.54) is 0 Å². The number of primary sulfonamides is 1. The molecule has 0 bridgehead atoms. The molecule has 0 aliphatic heterocycles. The number of sulfonamides is 1. The largest absolute Gasteiger partial charge is 0.493 e. The summed E-state index contributed by atoms with van der Waals surface area (Å²) in [5, 5.41) is 8.21. The fourth-order valence-electron chi connectivity index (χ4n) is 2.14. The number of hydrogen-bond donors (Lipinski definition) is 1. The van der Waals surface area contributed by atoms with Crippen molar-refractivity contribution in [2.24, 2.45) is 5.14 Å². The van der Waals surface area contributed by atoms with E-state index in [-0.39, 0.29) is 24.1 Å². The lowest BCUT2D eigenvalue weighted by Gasteiger charge is -2.05. The number of hydrogen-bond acceptors (Lipinski definition) is 9. The second-order valence-electron chi connectivity index (χ2n) is 5.18. The minimum atomic E-state index is -4.05. The van der Waals surface area contributed by atoms with Crippen molar-refractivity contribution in [3.05, 3.63) is 48.0 Å². The first-order valence-corrected chi connectivity index (χ1v) is 9.27. The molecule has 2 heterocycles. The molecule has 11 heteroatoms. The lowest BCUT2D eigenvalue weighted by molar-refractivity contribution is 0.0388. The molecule has 1 aromatic carbocycles. The molecular weight excluding hydrogens is 378 g/mol. The molecule has 2 aromatic heterocycles. The van der Waals surface area contributed by atoms with Gasteiger partial charge in [0.25, 0.3) is 15.9 Å². The summed E-state index contributed by atoms with van der Waals surface area (Å²) in [4.78, 5) is 16.1. The van der Waals surface area contributed by atoms with Crippen molar-refractivity contribution in [2.75, 3.05) is 6.61 Å². The van der Waals surface area contributed by atoms with Gasteiger partial charge in [0.1, 0.15) is 5.75 Å². The van der Waals surface area contributed by atoms with Crippen LogP contribution in [0.2, 0.25) is 0 Å². The Morgan fingerprint density at radius 2 is 2.00 bits per heavy atom. The van der Waals surface area contributed by atoms with Gasteiger partial charge < -0.3 is 18.4 Å². The maximum absolute atomic E-state index is 11.9. The van der Waals surface area contributed by atoms with Crippen molar-refractivity contribution in [1.29, 1.82) is 0 Å². The van der Waals surface area contributed by atoms with Crippen molar-refractivity contribution in [3.63, 3.8) is 0 Å². The third-order valence-corrected chi connectivity index (χ3v) is 4.07. The van der Waals surface area contributed by atoms with Gasteiger partial charge in [0, 0.05) is 0 Å². The standard InChI is InChI=1S/C16H15N3O7S/c1-2-23-11-6-4-3-5-10(11)15-18-13(26-19-15)9-24-16(20)12-7-8-14(25-12)27(17,21)22/h3-8H,2,9H2,1H3,(H2,17,21,22). The predicted octanol–water partition coefficient (Wildman–Crippen LogP) is 1.73. The summed E-state index contributed by atoms with van der Waals surface area (Å²) in [6.45, 7) is 2.00. The molecule has 10 nitrogen and oxygen atoms in total. The van der Waals surface area contributed by atoms with Crippen LogP contribution in [0.4, 0.5) is 0 Å². The number of para-hydroxylation sites is 1. The predicted molar refractivity (Wildman–Crippen MR) is 90.1 cm³/mol.